The molecule has 0 atom stereocenters. The fraction of sp³-hybridized carbons (Fsp3) is 0.529. The van der Waals surface area contributed by atoms with Crippen LogP contribution in [0.3, 0.4) is 0 Å². The molecule has 1 aromatic rings. The van der Waals surface area contributed by atoms with E-state index < -0.39 is 8.96 Å². The van der Waals surface area contributed by atoms with Gasteiger partial charge in [0, 0.05) is 0 Å². The van der Waals surface area contributed by atoms with Crippen LogP contribution in [0, 0.1) is 0 Å². The summed E-state index contributed by atoms with van der Waals surface area (Å²) in [6.07, 6.45) is 7.13. The Morgan fingerprint density at radius 3 is 2.32 bits per heavy atom. The highest BCUT2D eigenvalue weighted by Crippen LogP contribution is 2.05. The highest BCUT2D eigenvalue weighted by Gasteiger charge is 2.17. The van der Waals surface area contributed by atoms with Gasteiger partial charge in [0.25, 0.3) is 0 Å². The minimum Gasteiger partial charge on any atom is -0.321 e. The standard InChI is InChI=1S/C17H28NSi/c1-5-8-13-18(14-9-6-2)19(4)17-12-10-11-16(7-3)15-17/h7,10-12,15H,3,5-6,8-9,13-14H2,1-2,4H3. The minimum atomic E-state index is -0.597. The van der Waals surface area contributed by atoms with Crippen LogP contribution in [-0.4, -0.2) is 26.6 Å². The molecule has 0 saturated carbocycles. The molecule has 0 saturated heterocycles. The van der Waals surface area contributed by atoms with E-state index in [0.29, 0.717) is 0 Å². The van der Waals surface area contributed by atoms with Gasteiger partial charge in [0.05, 0.1) is 0 Å². The van der Waals surface area contributed by atoms with Crippen molar-refractivity contribution in [2.24, 2.45) is 0 Å². The minimum absolute atomic E-state index is 0.597. The second-order valence-electron chi connectivity index (χ2n) is 5.11. The molecular formula is C17H28NSi. The summed E-state index contributed by atoms with van der Waals surface area (Å²) in [6.45, 7) is 13.4. The quantitative estimate of drug-likeness (QED) is 0.614. The second-order valence-corrected chi connectivity index (χ2v) is 7.49. The molecule has 0 N–H and O–H groups in total. The van der Waals surface area contributed by atoms with Crippen LogP contribution in [0.2, 0.25) is 6.55 Å². The Labute approximate surface area is 121 Å². The first-order valence-electron chi connectivity index (χ1n) is 7.54. The van der Waals surface area contributed by atoms with Crippen LogP contribution in [0.25, 0.3) is 6.08 Å². The van der Waals surface area contributed by atoms with E-state index in [2.05, 4.69) is 55.8 Å². The SMILES string of the molecule is C=Cc1cccc([Si](C)N(CCCC)CCCC)c1. The average Bonchev–Trinajstić information content (AvgIpc) is 2.47. The molecule has 0 fully saturated rings. The van der Waals surface area contributed by atoms with Crippen molar-refractivity contribution in [3.8, 4) is 0 Å². The number of rotatable bonds is 9. The summed E-state index contributed by atoms with van der Waals surface area (Å²) in [6, 6.07) is 8.89. The third-order valence-electron chi connectivity index (χ3n) is 3.58. The lowest BCUT2D eigenvalue weighted by Gasteiger charge is -2.28. The van der Waals surface area contributed by atoms with Crippen LogP contribution in [0.5, 0.6) is 0 Å². The summed E-state index contributed by atoms with van der Waals surface area (Å²) in [7, 11) is -0.597. The van der Waals surface area contributed by atoms with Crippen molar-refractivity contribution in [1.82, 2.24) is 4.57 Å². The van der Waals surface area contributed by atoms with Gasteiger partial charge in [0.1, 0.15) is 0 Å². The molecule has 0 unspecified atom stereocenters. The molecule has 0 bridgehead atoms. The van der Waals surface area contributed by atoms with Crippen LogP contribution in [0.4, 0.5) is 0 Å². The van der Waals surface area contributed by atoms with Gasteiger partial charge in [-0.05, 0) is 36.7 Å². The zero-order valence-electron chi connectivity index (χ0n) is 12.8. The molecule has 0 aromatic heterocycles. The fourth-order valence-electron chi connectivity index (χ4n) is 2.22. The first-order valence-corrected chi connectivity index (χ1v) is 9.49. The molecule has 1 rings (SSSR count). The van der Waals surface area contributed by atoms with E-state index in [1.165, 1.54) is 49.5 Å². The lowest BCUT2D eigenvalue weighted by Crippen LogP contribution is -2.47. The highest BCUT2D eigenvalue weighted by molar-refractivity contribution is 6.69. The predicted octanol–water partition coefficient (Wildman–Crippen LogP) is 4.06. The summed E-state index contributed by atoms with van der Waals surface area (Å²) in [5.74, 6) is 0. The zero-order chi connectivity index (χ0) is 14.1. The summed E-state index contributed by atoms with van der Waals surface area (Å²) in [5, 5.41) is 1.51. The Kier molecular flexibility index (Phi) is 7.76. The van der Waals surface area contributed by atoms with E-state index in [-0.39, 0.29) is 0 Å². The van der Waals surface area contributed by atoms with Crippen molar-refractivity contribution < 1.29 is 0 Å². The number of hydrogen-bond acceptors (Lipinski definition) is 1. The molecule has 0 heterocycles. The number of unbranched alkanes of at least 4 members (excludes halogenated alkanes) is 2. The number of nitrogens with zero attached hydrogens (tertiary/aromatic N) is 1. The average molecular weight is 275 g/mol. The second kappa shape index (κ2) is 9.11. The lowest BCUT2D eigenvalue weighted by atomic mass is 10.2. The number of hydrogen-bond donors (Lipinski definition) is 0. The van der Waals surface area contributed by atoms with Gasteiger partial charge >= 0.3 is 0 Å². The maximum absolute atomic E-state index is 3.87. The van der Waals surface area contributed by atoms with E-state index in [1.807, 2.05) is 6.08 Å². The largest absolute Gasteiger partial charge is 0.321 e. The third-order valence-corrected chi connectivity index (χ3v) is 6.12. The van der Waals surface area contributed by atoms with Gasteiger partial charge in [-0.15, -0.1) is 0 Å². The van der Waals surface area contributed by atoms with E-state index in [4.69, 9.17) is 0 Å². The Morgan fingerprint density at radius 2 is 1.79 bits per heavy atom. The topological polar surface area (TPSA) is 3.24 Å². The van der Waals surface area contributed by atoms with Crippen molar-refractivity contribution in [3.05, 3.63) is 36.4 Å². The van der Waals surface area contributed by atoms with Gasteiger partial charge < -0.3 is 4.57 Å². The van der Waals surface area contributed by atoms with Crippen molar-refractivity contribution >= 4 is 20.2 Å². The van der Waals surface area contributed by atoms with E-state index in [1.54, 1.807) is 0 Å². The highest BCUT2D eigenvalue weighted by atomic mass is 28.3. The van der Waals surface area contributed by atoms with E-state index >= 15 is 0 Å². The normalized spacial score (nSPS) is 11.2. The smallest absolute Gasteiger partial charge is 0.169 e. The molecule has 0 aliphatic heterocycles. The van der Waals surface area contributed by atoms with Crippen LogP contribution < -0.4 is 5.19 Å². The van der Waals surface area contributed by atoms with Crippen LogP contribution in [0.15, 0.2) is 30.8 Å². The van der Waals surface area contributed by atoms with Gasteiger partial charge in [-0.2, -0.15) is 0 Å². The van der Waals surface area contributed by atoms with Crippen molar-refractivity contribution in [2.75, 3.05) is 13.1 Å². The first kappa shape index (κ1) is 16.2. The summed E-state index contributed by atoms with van der Waals surface area (Å²) >= 11 is 0. The maximum atomic E-state index is 3.87. The summed E-state index contributed by atoms with van der Waals surface area (Å²) < 4.78 is 2.72. The van der Waals surface area contributed by atoms with Crippen LogP contribution >= 0.6 is 0 Å². The van der Waals surface area contributed by atoms with Gasteiger partial charge in [-0.3, -0.25) is 0 Å². The van der Waals surface area contributed by atoms with Gasteiger partial charge in [-0.1, -0.05) is 70.2 Å². The molecule has 0 spiro atoms. The molecule has 2 heteroatoms. The number of benzene rings is 1. The molecule has 0 amide bonds. The van der Waals surface area contributed by atoms with Gasteiger partial charge in [0.2, 0.25) is 0 Å². The first-order chi connectivity index (χ1) is 9.22. The Morgan fingerprint density at radius 1 is 1.16 bits per heavy atom. The Hall–Kier alpha value is -0.863. The van der Waals surface area contributed by atoms with Crippen molar-refractivity contribution in [3.63, 3.8) is 0 Å². The summed E-state index contributed by atoms with van der Waals surface area (Å²) in [4.78, 5) is 0. The monoisotopic (exact) mass is 274 g/mol. The molecule has 1 nitrogen and oxygen atoms in total. The summed E-state index contributed by atoms with van der Waals surface area (Å²) in [5.41, 5.74) is 1.24. The zero-order valence-corrected chi connectivity index (χ0v) is 13.8. The molecule has 105 valence electrons. The van der Waals surface area contributed by atoms with E-state index in [0.717, 1.165) is 0 Å². The van der Waals surface area contributed by atoms with Crippen molar-refractivity contribution in [2.45, 2.75) is 46.1 Å². The van der Waals surface area contributed by atoms with E-state index in [9.17, 15) is 0 Å². The maximum Gasteiger partial charge on any atom is 0.169 e. The van der Waals surface area contributed by atoms with Gasteiger partial charge in [0.15, 0.2) is 8.96 Å². The molecule has 1 radical (unpaired) electrons. The molecule has 0 aliphatic carbocycles. The molecule has 1 aromatic carbocycles. The molecular weight excluding hydrogens is 246 g/mol. The van der Waals surface area contributed by atoms with Crippen molar-refractivity contribution in [1.29, 1.82) is 0 Å². The molecule has 19 heavy (non-hydrogen) atoms. The lowest BCUT2D eigenvalue weighted by molar-refractivity contribution is 0.415. The Bertz CT molecular complexity index is 367. The van der Waals surface area contributed by atoms with Crippen LogP contribution in [0.1, 0.15) is 45.1 Å². The van der Waals surface area contributed by atoms with Gasteiger partial charge in [-0.25, -0.2) is 0 Å². The Balaban J connectivity index is 2.77. The van der Waals surface area contributed by atoms with Crippen LogP contribution in [-0.2, 0) is 0 Å². The third kappa shape index (κ3) is 5.33. The fourth-order valence-corrected chi connectivity index (χ4v) is 4.28. The molecule has 0 aliphatic rings. The predicted molar refractivity (Wildman–Crippen MR) is 89.2 cm³/mol.